The van der Waals surface area contributed by atoms with Crippen molar-refractivity contribution in [1.29, 1.82) is 0 Å². The number of aromatic nitrogens is 2. The number of hydrogen-bond donors (Lipinski definition) is 0. The van der Waals surface area contributed by atoms with E-state index in [0.717, 1.165) is 23.0 Å². The second-order valence-corrected chi connectivity index (χ2v) is 6.09. The summed E-state index contributed by atoms with van der Waals surface area (Å²) in [5.41, 5.74) is 2.19. The van der Waals surface area contributed by atoms with E-state index in [4.69, 9.17) is 4.74 Å². The summed E-state index contributed by atoms with van der Waals surface area (Å²) in [5, 5.41) is 0. The number of nitrogens with zero attached hydrogens (tertiary/aromatic N) is 2. The lowest BCUT2D eigenvalue weighted by atomic mass is 10.1. The largest absolute Gasteiger partial charge is 0.497 e. The molecule has 0 fully saturated rings. The van der Waals surface area contributed by atoms with Crippen LogP contribution in [0.3, 0.4) is 0 Å². The molecule has 0 bridgehead atoms. The minimum absolute atomic E-state index is 0.448. The zero-order valence-electron chi connectivity index (χ0n) is 14.4. The van der Waals surface area contributed by atoms with Crippen LogP contribution < -0.4 is 9.14 Å². The van der Waals surface area contributed by atoms with Crippen LogP contribution in [-0.4, -0.2) is 11.7 Å². The van der Waals surface area contributed by atoms with Crippen LogP contribution in [0, 0.1) is 0 Å². The zero-order chi connectivity index (χ0) is 19.0. The summed E-state index contributed by atoms with van der Waals surface area (Å²) in [5.74, 6) is 0.716. The fourth-order valence-electron chi connectivity index (χ4n) is 3.12. The van der Waals surface area contributed by atoms with E-state index in [0.29, 0.717) is 11.4 Å². The first-order valence-electron chi connectivity index (χ1n) is 8.31. The molecule has 0 aliphatic rings. The summed E-state index contributed by atoms with van der Waals surface area (Å²) in [7, 11) is 1.59. The third-order valence-corrected chi connectivity index (χ3v) is 4.42. The van der Waals surface area contributed by atoms with Gasteiger partial charge in [0, 0.05) is 11.6 Å². The fraction of sp³-hybridized carbons (Fsp3) is 0.0952. The van der Waals surface area contributed by atoms with E-state index in [1.54, 1.807) is 13.2 Å². The molecule has 6 heteroatoms. The Morgan fingerprint density at radius 3 is 2.41 bits per heavy atom. The van der Waals surface area contributed by atoms with Gasteiger partial charge in [0.25, 0.3) is 5.65 Å². The van der Waals surface area contributed by atoms with Crippen LogP contribution in [0.1, 0.15) is 5.56 Å². The molecule has 0 spiro atoms. The minimum Gasteiger partial charge on any atom is -0.497 e. The van der Waals surface area contributed by atoms with Crippen molar-refractivity contribution < 1.29 is 22.3 Å². The normalized spacial score (nSPS) is 11.7. The van der Waals surface area contributed by atoms with E-state index < -0.39 is 11.7 Å². The van der Waals surface area contributed by atoms with Crippen LogP contribution >= 0.6 is 0 Å². The summed E-state index contributed by atoms with van der Waals surface area (Å²) in [6, 6.07) is 18.4. The van der Waals surface area contributed by atoms with Gasteiger partial charge in [-0.3, -0.25) is 0 Å². The maximum absolute atomic E-state index is 13.2. The van der Waals surface area contributed by atoms with Crippen molar-refractivity contribution in [1.82, 2.24) is 4.57 Å². The predicted molar refractivity (Wildman–Crippen MR) is 95.9 cm³/mol. The third kappa shape index (κ3) is 3.14. The summed E-state index contributed by atoms with van der Waals surface area (Å²) in [6.07, 6.45) is -0.629. The van der Waals surface area contributed by atoms with Gasteiger partial charge in [0.1, 0.15) is 17.6 Å². The third-order valence-electron chi connectivity index (χ3n) is 4.42. The van der Waals surface area contributed by atoms with Gasteiger partial charge in [-0.15, -0.1) is 0 Å². The van der Waals surface area contributed by atoms with E-state index in [2.05, 4.69) is 0 Å². The number of pyridine rings is 1. The Hall–Kier alpha value is -3.28. The highest BCUT2D eigenvalue weighted by atomic mass is 19.4. The Morgan fingerprint density at radius 1 is 0.926 bits per heavy atom. The lowest BCUT2D eigenvalue weighted by Crippen LogP contribution is -2.17. The summed E-state index contributed by atoms with van der Waals surface area (Å²) < 4.78 is 48.5. The number of alkyl halides is 3. The van der Waals surface area contributed by atoms with Crippen LogP contribution in [0.2, 0.25) is 0 Å². The average molecular weight is 369 g/mol. The first-order valence-corrected chi connectivity index (χ1v) is 8.31. The number of rotatable bonds is 3. The topological polar surface area (TPSA) is 18.3 Å². The number of imidazole rings is 1. The smallest absolute Gasteiger partial charge is 0.416 e. The molecule has 0 amide bonds. The van der Waals surface area contributed by atoms with Gasteiger partial charge in [0.15, 0.2) is 5.69 Å². The molecular weight excluding hydrogens is 353 g/mol. The molecule has 0 atom stereocenters. The van der Waals surface area contributed by atoms with Gasteiger partial charge in [-0.1, -0.05) is 12.1 Å². The number of fused-ring (bicyclic) bond motifs is 1. The summed E-state index contributed by atoms with van der Waals surface area (Å²) in [6.45, 7) is 0. The molecule has 0 saturated carbocycles. The highest BCUT2D eigenvalue weighted by Gasteiger charge is 2.32. The lowest BCUT2D eigenvalue weighted by Gasteiger charge is -2.08. The predicted octanol–water partition coefficient (Wildman–Crippen LogP) is 4.91. The summed E-state index contributed by atoms with van der Waals surface area (Å²) >= 11 is 0. The van der Waals surface area contributed by atoms with Gasteiger partial charge in [-0.05, 0) is 48.5 Å². The molecule has 136 valence electrons. The molecule has 4 aromatic rings. The van der Waals surface area contributed by atoms with Gasteiger partial charge in [0.05, 0.1) is 18.9 Å². The molecular formula is C21H16F3N2O+. The van der Waals surface area contributed by atoms with Crippen LogP contribution in [0.5, 0.6) is 5.75 Å². The van der Waals surface area contributed by atoms with E-state index >= 15 is 0 Å². The fourth-order valence-corrected chi connectivity index (χ4v) is 3.12. The molecule has 0 N–H and O–H groups in total. The second-order valence-electron chi connectivity index (χ2n) is 6.09. The molecule has 3 nitrogen and oxygen atoms in total. The Labute approximate surface area is 153 Å². The molecule has 27 heavy (non-hydrogen) atoms. The van der Waals surface area contributed by atoms with E-state index in [9.17, 15) is 13.2 Å². The van der Waals surface area contributed by atoms with E-state index in [-0.39, 0.29) is 0 Å². The molecule has 0 saturated heterocycles. The summed E-state index contributed by atoms with van der Waals surface area (Å²) in [4.78, 5) is 0. The van der Waals surface area contributed by atoms with Crippen molar-refractivity contribution in [3.05, 3.63) is 84.7 Å². The van der Waals surface area contributed by atoms with Crippen molar-refractivity contribution in [3.8, 4) is 22.7 Å². The zero-order valence-corrected chi connectivity index (χ0v) is 14.4. The van der Waals surface area contributed by atoms with Gasteiger partial charge in [-0.2, -0.15) is 17.7 Å². The van der Waals surface area contributed by atoms with Gasteiger partial charge in [-0.25, -0.2) is 4.40 Å². The van der Waals surface area contributed by atoms with Gasteiger partial charge >= 0.3 is 6.18 Å². The lowest BCUT2D eigenvalue weighted by molar-refractivity contribution is -0.510. The number of hydrogen-bond acceptors (Lipinski definition) is 1. The van der Waals surface area contributed by atoms with Crippen molar-refractivity contribution in [2.45, 2.75) is 6.18 Å². The SMILES string of the molecule is COc1ccc(-c2c[n+]3ccccc3n2-c2cccc(C(F)(F)F)c2)cc1. The number of ether oxygens (including phenoxy) is 1. The Balaban J connectivity index is 1.96. The molecule has 2 aromatic carbocycles. The van der Waals surface area contributed by atoms with Gasteiger partial charge < -0.3 is 4.74 Å². The maximum atomic E-state index is 13.2. The van der Waals surface area contributed by atoms with Crippen LogP contribution in [0.25, 0.3) is 22.6 Å². The molecule has 2 aromatic heterocycles. The number of halogens is 3. The molecule has 4 rings (SSSR count). The molecule has 0 radical (unpaired) electrons. The minimum atomic E-state index is -4.40. The molecule has 0 aliphatic carbocycles. The first-order chi connectivity index (χ1) is 13.0. The van der Waals surface area contributed by atoms with Gasteiger partial charge in [0.2, 0.25) is 0 Å². The quantitative estimate of drug-likeness (QED) is 0.469. The Morgan fingerprint density at radius 2 is 1.70 bits per heavy atom. The van der Waals surface area contributed by atoms with Crippen molar-refractivity contribution in [3.63, 3.8) is 0 Å². The molecule has 0 unspecified atom stereocenters. The van der Waals surface area contributed by atoms with Crippen LogP contribution in [-0.2, 0) is 6.18 Å². The monoisotopic (exact) mass is 369 g/mol. The van der Waals surface area contributed by atoms with Crippen molar-refractivity contribution in [2.24, 2.45) is 0 Å². The molecule has 0 aliphatic heterocycles. The van der Waals surface area contributed by atoms with Crippen LogP contribution in [0.15, 0.2) is 79.1 Å². The highest BCUT2D eigenvalue weighted by molar-refractivity contribution is 5.66. The Bertz CT molecular complexity index is 1100. The maximum Gasteiger partial charge on any atom is 0.416 e. The van der Waals surface area contributed by atoms with Crippen molar-refractivity contribution >= 4 is 5.65 Å². The highest BCUT2D eigenvalue weighted by Crippen LogP contribution is 2.32. The average Bonchev–Trinajstić information content (AvgIpc) is 3.07. The van der Waals surface area contributed by atoms with E-state index in [1.165, 1.54) is 12.1 Å². The van der Waals surface area contributed by atoms with E-state index in [1.807, 2.05) is 63.8 Å². The van der Waals surface area contributed by atoms with Crippen molar-refractivity contribution in [2.75, 3.05) is 7.11 Å². The second kappa shape index (κ2) is 6.46. The molecule has 2 heterocycles. The number of benzene rings is 2. The first kappa shape index (κ1) is 17.1. The standard InChI is InChI=1S/C21H16F3N2O/c1-27-18-10-8-15(9-11-18)19-14-25-12-3-2-7-20(25)26(19)17-6-4-5-16(13-17)21(22,23)24/h2-14H,1H3/q+1. The number of methoxy groups -OCH3 is 1. The van der Waals surface area contributed by atoms with Crippen LogP contribution in [0.4, 0.5) is 13.2 Å². The Kier molecular flexibility index (Phi) is 4.11.